The zero-order valence-electron chi connectivity index (χ0n) is 15.0. The Morgan fingerprint density at radius 1 is 1.21 bits per heavy atom. The van der Waals surface area contributed by atoms with Gasteiger partial charge in [0.25, 0.3) is 0 Å². The molecule has 0 aliphatic rings. The van der Waals surface area contributed by atoms with Crippen LogP contribution in [0.2, 0.25) is 0 Å². The Kier molecular flexibility index (Phi) is 8.61. The molecule has 1 atom stereocenters. The molecule has 0 spiro atoms. The van der Waals surface area contributed by atoms with Gasteiger partial charge in [-0.15, -0.1) is 0 Å². The lowest BCUT2D eigenvalue weighted by molar-refractivity contribution is -0.141. The molecule has 1 aromatic carbocycles. The van der Waals surface area contributed by atoms with Gasteiger partial charge in [0.05, 0.1) is 20.1 Å². The van der Waals surface area contributed by atoms with Gasteiger partial charge in [0.15, 0.2) is 0 Å². The number of hydrogen-bond donors (Lipinski definition) is 0. The lowest BCUT2D eigenvalue weighted by atomic mass is 10.1. The lowest BCUT2D eigenvalue weighted by Gasteiger charge is -2.27. The highest BCUT2D eigenvalue weighted by Crippen LogP contribution is 2.14. The number of esters is 1. The zero-order valence-corrected chi connectivity index (χ0v) is 15.0. The van der Waals surface area contributed by atoms with Crippen molar-refractivity contribution in [1.82, 2.24) is 4.90 Å². The van der Waals surface area contributed by atoms with E-state index in [0.29, 0.717) is 13.2 Å². The summed E-state index contributed by atoms with van der Waals surface area (Å²) in [6.45, 7) is 6.90. The molecule has 0 aliphatic carbocycles. The maximum Gasteiger partial charge on any atom is 0.307 e. The monoisotopic (exact) mass is 333 g/mol. The van der Waals surface area contributed by atoms with Crippen LogP contribution in [0.4, 0.5) is 0 Å². The number of benzene rings is 1. The number of rotatable bonds is 9. The molecule has 0 saturated heterocycles. The van der Waals surface area contributed by atoms with E-state index in [1.807, 2.05) is 45.0 Å². The van der Waals surface area contributed by atoms with Crippen molar-refractivity contribution in [3.05, 3.63) is 35.9 Å². The fourth-order valence-corrected chi connectivity index (χ4v) is 2.19. The third-order valence-electron chi connectivity index (χ3n) is 3.80. The molecule has 0 bridgehead atoms. The quantitative estimate of drug-likeness (QED) is 0.514. The van der Waals surface area contributed by atoms with Gasteiger partial charge in [-0.1, -0.05) is 19.1 Å². The Bertz CT molecular complexity index is 551. The molecule has 0 aromatic heterocycles. The minimum atomic E-state index is -0.313. The number of carbonyl (C=O) groups excluding carboxylic acids is 2. The topological polar surface area (TPSA) is 55.8 Å². The Hall–Kier alpha value is -2.30. The van der Waals surface area contributed by atoms with Crippen molar-refractivity contribution in [2.24, 2.45) is 0 Å². The van der Waals surface area contributed by atoms with Crippen LogP contribution < -0.4 is 4.74 Å². The second-order valence-electron chi connectivity index (χ2n) is 5.45. The summed E-state index contributed by atoms with van der Waals surface area (Å²) in [6, 6.07) is 7.61. The molecule has 24 heavy (non-hydrogen) atoms. The number of carbonyl (C=O) groups is 2. The van der Waals surface area contributed by atoms with Crippen LogP contribution in [0.15, 0.2) is 30.3 Å². The largest absolute Gasteiger partial charge is 0.494 e. The molecule has 0 fully saturated rings. The summed E-state index contributed by atoms with van der Waals surface area (Å²) in [5.41, 5.74) is 0.920. The highest BCUT2D eigenvalue weighted by atomic mass is 16.5. The van der Waals surface area contributed by atoms with E-state index < -0.39 is 0 Å². The van der Waals surface area contributed by atoms with Crippen molar-refractivity contribution in [3.8, 4) is 5.75 Å². The van der Waals surface area contributed by atoms with Crippen LogP contribution in [0, 0.1) is 0 Å². The van der Waals surface area contributed by atoms with Crippen molar-refractivity contribution in [2.45, 2.75) is 39.7 Å². The molecule has 1 amide bonds. The molecule has 5 nitrogen and oxygen atoms in total. The van der Waals surface area contributed by atoms with Crippen LogP contribution in [0.3, 0.4) is 0 Å². The SMILES string of the molecule is CCOc1ccc(/C=C/C(=O)N(CCC(=O)OC)C(C)CC)cc1. The van der Waals surface area contributed by atoms with Crippen LogP contribution in [-0.4, -0.2) is 43.1 Å². The first-order valence-electron chi connectivity index (χ1n) is 8.30. The van der Waals surface area contributed by atoms with Gasteiger partial charge in [0, 0.05) is 18.7 Å². The minimum absolute atomic E-state index is 0.0622. The second kappa shape index (κ2) is 10.5. The van der Waals surface area contributed by atoms with E-state index in [1.54, 1.807) is 17.1 Å². The summed E-state index contributed by atoms with van der Waals surface area (Å²) < 4.78 is 10.0. The molecule has 0 heterocycles. The fourth-order valence-electron chi connectivity index (χ4n) is 2.19. The molecular formula is C19H27NO4. The van der Waals surface area contributed by atoms with Crippen molar-refractivity contribution >= 4 is 18.0 Å². The summed E-state index contributed by atoms with van der Waals surface area (Å²) in [5.74, 6) is 0.383. The molecular weight excluding hydrogens is 306 g/mol. The standard InChI is InChI=1S/C19H27NO4/c1-5-15(3)20(14-13-19(22)23-4)18(21)12-9-16-7-10-17(11-8-16)24-6-2/h7-12,15H,5-6,13-14H2,1-4H3/b12-9+. The zero-order chi connectivity index (χ0) is 17.9. The number of nitrogens with zero attached hydrogens (tertiary/aromatic N) is 1. The molecule has 0 N–H and O–H groups in total. The van der Waals surface area contributed by atoms with Gasteiger partial charge >= 0.3 is 5.97 Å². The Morgan fingerprint density at radius 3 is 2.42 bits per heavy atom. The van der Waals surface area contributed by atoms with Crippen LogP contribution in [-0.2, 0) is 14.3 Å². The second-order valence-corrected chi connectivity index (χ2v) is 5.45. The van der Waals surface area contributed by atoms with Crippen LogP contribution in [0.25, 0.3) is 6.08 Å². The number of ether oxygens (including phenoxy) is 2. The number of hydrogen-bond acceptors (Lipinski definition) is 4. The smallest absolute Gasteiger partial charge is 0.307 e. The van der Waals surface area contributed by atoms with Gasteiger partial charge < -0.3 is 14.4 Å². The first-order chi connectivity index (χ1) is 11.5. The van der Waals surface area contributed by atoms with Crippen molar-refractivity contribution in [1.29, 1.82) is 0 Å². The Balaban J connectivity index is 2.73. The average Bonchev–Trinajstić information content (AvgIpc) is 2.60. The minimum Gasteiger partial charge on any atom is -0.494 e. The van der Waals surface area contributed by atoms with E-state index in [4.69, 9.17) is 4.74 Å². The molecule has 0 radical (unpaired) electrons. The maximum absolute atomic E-state index is 12.4. The third kappa shape index (κ3) is 6.44. The first-order valence-corrected chi connectivity index (χ1v) is 8.30. The highest BCUT2D eigenvalue weighted by Gasteiger charge is 2.18. The van der Waals surface area contributed by atoms with Gasteiger partial charge in [0.1, 0.15) is 5.75 Å². The van der Waals surface area contributed by atoms with Crippen LogP contribution >= 0.6 is 0 Å². The Labute approximate surface area is 144 Å². The van der Waals surface area contributed by atoms with Gasteiger partial charge in [-0.05, 0) is 44.0 Å². The summed E-state index contributed by atoms with van der Waals surface area (Å²) >= 11 is 0. The number of amides is 1. The van der Waals surface area contributed by atoms with E-state index in [2.05, 4.69) is 4.74 Å². The summed E-state index contributed by atoms with van der Waals surface area (Å²) in [7, 11) is 1.35. The van der Waals surface area contributed by atoms with Crippen LogP contribution in [0.1, 0.15) is 39.2 Å². The van der Waals surface area contributed by atoms with E-state index in [0.717, 1.165) is 17.7 Å². The molecule has 0 saturated carbocycles. The van der Waals surface area contributed by atoms with Gasteiger partial charge in [-0.3, -0.25) is 9.59 Å². The molecule has 5 heteroatoms. The third-order valence-corrected chi connectivity index (χ3v) is 3.80. The van der Waals surface area contributed by atoms with Crippen LogP contribution in [0.5, 0.6) is 5.75 Å². The van der Waals surface area contributed by atoms with Crippen molar-refractivity contribution in [2.75, 3.05) is 20.3 Å². The average molecular weight is 333 g/mol. The normalized spacial score (nSPS) is 12.0. The van der Waals surface area contributed by atoms with E-state index in [-0.39, 0.29) is 24.3 Å². The molecule has 1 aromatic rings. The molecule has 1 rings (SSSR count). The van der Waals surface area contributed by atoms with Gasteiger partial charge in [-0.25, -0.2) is 0 Å². The highest BCUT2D eigenvalue weighted by molar-refractivity contribution is 5.92. The summed E-state index contributed by atoms with van der Waals surface area (Å²) in [5, 5.41) is 0. The maximum atomic E-state index is 12.4. The predicted octanol–water partition coefficient (Wildman–Crippen LogP) is 3.29. The fraction of sp³-hybridized carbons (Fsp3) is 0.474. The first kappa shape index (κ1) is 19.7. The molecule has 132 valence electrons. The van der Waals surface area contributed by atoms with Gasteiger partial charge in [-0.2, -0.15) is 0 Å². The van der Waals surface area contributed by atoms with E-state index >= 15 is 0 Å². The predicted molar refractivity (Wildman–Crippen MR) is 94.7 cm³/mol. The summed E-state index contributed by atoms with van der Waals surface area (Å²) in [6.07, 6.45) is 4.33. The Morgan fingerprint density at radius 2 is 1.88 bits per heavy atom. The van der Waals surface area contributed by atoms with E-state index in [9.17, 15) is 9.59 Å². The van der Waals surface area contributed by atoms with Gasteiger partial charge in [0.2, 0.25) is 5.91 Å². The lowest BCUT2D eigenvalue weighted by Crippen LogP contribution is -2.38. The van der Waals surface area contributed by atoms with E-state index in [1.165, 1.54) is 7.11 Å². The number of methoxy groups -OCH3 is 1. The van der Waals surface area contributed by atoms with Crippen molar-refractivity contribution < 1.29 is 19.1 Å². The van der Waals surface area contributed by atoms with Crippen molar-refractivity contribution in [3.63, 3.8) is 0 Å². The summed E-state index contributed by atoms with van der Waals surface area (Å²) in [4.78, 5) is 25.5. The molecule has 0 aliphatic heterocycles. The molecule has 1 unspecified atom stereocenters.